The highest BCUT2D eigenvalue weighted by atomic mass is 16.5. The molecule has 2 N–H and O–H groups in total. The molecule has 0 saturated heterocycles. The fraction of sp³-hybridized carbons (Fsp3) is 0.455. The first kappa shape index (κ1) is 10.1. The number of benzene rings is 1. The average Bonchev–Trinajstić information content (AvgIpc) is 2.07. The highest BCUT2D eigenvalue weighted by Gasteiger charge is 2.02. The Morgan fingerprint density at radius 3 is 2.69 bits per heavy atom. The fourth-order valence-electron chi connectivity index (χ4n) is 1.36. The summed E-state index contributed by atoms with van der Waals surface area (Å²) < 4.78 is 5.23. The lowest BCUT2D eigenvalue weighted by Gasteiger charge is -2.09. The van der Waals surface area contributed by atoms with E-state index in [0.29, 0.717) is 0 Å². The highest BCUT2D eigenvalue weighted by molar-refractivity contribution is 5.36. The summed E-state index contributed by atoms with van der Waals surface area (Å²) in [5.74, 6) is 0.943. The molecular weight excluding hydrogens is 162 g/mol. The van der Waals surface area contributed by atoms with Gasteiger partial charge in [-0.15, -0.1) is 0 Å². The Labute approximate surface area is 79.7 Å². The lowest BCUT2D eigenvalue weighted by atomic mass is 10.1. The van der Waals surface area contributed by atoms with Crippen LogP contribution < -0.4 is 10.5 Å². The Morgan fingerprint density at radius 1 is 1.46 bits per heavy atom. The Kier molecular flexibility index (Phi) is 3.32. The van der Waals surface area contributed by atoms with Gasteiger partial charge in [0, 0.05) is 6.04 Å². The third-order valence-corrected chi connectivity index (χ3v) is 2.03. The van der Waals surface area contributed by atoms with Gasteiger partial charge in [0.05, 0.1) is 7.11 Å². The van der Waals surface area contributed by atoms with Crippen LogP contribution in [0.25, 0.3) is 0 Å². The van der Waals surface area contributed by atoms with Gasteiger partial charge in [0.15, 0.2) is 0 Å². The van der Waals surface area contributed by atoms with Gasteiger partial charge in [-0.2, -0.15) is 0 Å². The van der Waals surface area contributed by atoms with Crippen LogP contribution in [0.15, 0.2) is 18.2 Å². The standard InChI is InChI=1S/C11H17NO/c1-8-4-5-10(6-9(2)12)7-11(8)13-3/h4-5,7,9H,6,12H2,1-3H3. The van der Waals surface area contributed by atoms with Gasteiger partial charge in [-0.25, -0.2) is 0 Å². The summed E-state index contributed by atoms with van der Waals surface area (Å²) in [6.45, 7) is 4.04. The molecular formula is C11H17NO. The minimum absolute atomic E-state index is 0.201. The zero-order valence-corrected chi connectivity index (χ0v) is 8.50. The van der Waals surface area contributed by atoms with Crippen LogP contribution >= 0.6 is 0 Å². The van der Waals surface area contributed by atoms with E-state index in [0.717, 1.165) is 17.7 Å². The van der Waals surface area contributed by atoms with Gasteiger partial charge in [-0.05, 0) is 37.5 Å². The molecule has 0 amide bonds. The Hall–Kier alpha value is -1.02. The molecule has 0 aliphatic carbocycles. The summed E-state index contributed by atoms with van der Waals surface area (Å²) in [6.07, 6.45) is 0.899. The SMILES string of the molecule is COc1cc(CC(C)N)ccc1C. The maximum absolute atomic E-state index is 5.71. The van der Waals surface area contributed by atoms with Gasteiger partial charge in [0.1, 0.15) is 5.75 Å². The van der Waals surface area contributed by atoms with Crippen molar-refractivity contribution in [2.24, 2.45) is 5.73 Å². The molecule has 1 aromatic rings. The number of ether oxygens (including phenoxy) is 1. The molecule has 0 aliphatic heterocycles. The second kappa shape index (κ2) is 4.28. The molecule has 0 aliphatic rings. The van der Waals surface area contributed by atoms with E-state index in [4.69, 9.17) is 10.5 Å². The van der Waals surface area contributed by atoms with Crippen molar-refractivity contribution in [1.82, 2.24) is 0 Å². The van der Waals surface area contributed by atoms with E-state index in [9.17, 15) is 0 Å². The van der Waals surface area contributed by atoms with Gasteiger partial charge in [-0.3, -0.25) is 0 Å². The fourth-order valence-corrected chi connectivity index (χ4v) is 1.36. The molecule has 0 fully saturated rings. The van der Waals surface area contributed by atoms with E-state index in [1.165, 1.54) is 5.56 Å². The van der Waals surface area contributed by atoms with Crippen molar-refractivity contribution < 1.29 is 4.74 Å². The quantitative estimate of drug-likeness (QED) is 0.769. The number of aryl methyl sites for hydroxylation is 1. The van der Waals surface area contributed by atoms with Crippen LogP contribution in [0.4, 0.5) is 0 Å². The van der Waals surface area contributed by atoms with Crippen molar-refractivity contribution in [1.29, 1.82) is 0 Å². The monoisotopic (exact) mass is 179 g/mol. The first-order valence-corrected chi connectivity index (χ1v) is 4.52. The summed E-state index contributed by atoms with van der Waals surface area (Å²) in [5, 5.41) is 0. The Bertz CT molecular complexity index is 281. The molecule has 1 aromatic carbocycles. The summed E-state index contributed by atoms with van der Waals surface area (Å²) in [6, 6.07) is 6.42. The number of hydrogen-bond donors (Lipinski definition) is 1. The molecule has 2 nitrogen and oxygen atoms in total. The van der Waals surface area contributed by atoms with Gasteiger partial charge < -0.3 is 10.5 Å². The van der Waals surface area contributed by atoms with Crippen molar-refractivity contribution in [3.05, 3.63) is 29.3 Å². The lowest BCUT2D eigenvalue weighted by molar-refractivity contribution is 0.411. The van der Waals surface area contributed by atoms with E-state index in [1.807, 2.05) is 13.8 Å². The molecule has 1 rings (SSSR count). The minimum Gasteiger partial charge on any atom is -0.496 e. The normalized spacial score (nSPS) is 12.6. The molecule has 0 heterocycles. The molecule has 0 radical (unpaired) electrons. The van der Waals surface area contributed by atoms with Crippen LogP contribution in [0, 0.1) is 6.92 Å². The summed E-state index contributed by atoms with van der Waals surface area (Å²) in [5.41, 5.74) is 8.11. The summed E-state index contributed by atoms with van der Waals surface area (Å²) in [4.78, 5) is 0. The smallest absolute Gasteiger partial charge is 0.122 e. The molecule has 0 saturated carbocycles. The molecule has 72 valence electrons. The third kappa shape index (κ3) is 2.74. The van der Waals surface area contributed by atoms with E-state index < -0.39 is 0 Å². The number of hydrogen-bond acceptors (Lipinski definition) is 2. The van der Waals surface area contributed by atoms with Crippen LogP contribution in [0.1, 0.15) is 18.1 Å². The number of rotatable bonds is 3. The van der Waals surface area contributed by atoms with E-state index in [-0.39, 0.29) is 6.04 Å². The topological polar surface area (TPSA) is 35.2 Å². The van der Waals surface area contributed by atoms with Gasteiger partial charge in [0.25, 0.3) is 0 Å². The van der Waals surface area contributed by atoms with Crippen molar-refractivity contribution >= 4 is 0 Å². The van der Waals surface area contributed by atoms with Gasteiger partial charge in [-0.1, -0.05) is 12.1 Å². The van der Waals surface area contributed by atoms with E-state index >= 15 is 0 Å². The third-order valence-electron chi connectivity index (χ3n) is 2.03. The van der Waals surface area contributed by atoms with Crippen molar-refractivity contribution in [3.8, 4) is 5.75 Å². The predicted molar refractivity (Wildman–Crippen MR) is 55.1 cm³/mol. The molecule has 0 spiro atoms. The zero-order valence-electron chi connectivity index (χ0n) is 8.50. The first-order valence-electron chi connectivity index (χ1n) is 4.52. The Morgan fingerprint density at radius 2 is 2.15 bits per heavy atom. The largest absolute Gasteiger partial charge is 0.496 e. The van der Waals surface area contributed by atoms with E-state index in [1.54, 1.807) is 7.11 Å². The molecule has 1 unspecified atom stereocenters. The van der Waals surface area contributed by atoms with Crippen molar-refractivity contribution in [3.63, 3.8) is 0 Å². The zero-order chi connectivity index (χ0) is 9.84. The molecule has 0 aromatic heterocycles. The number of nitrogens with two attached hydrogens (primary N) is 1. The van der Waals surface area contributed by atoms with Crippen LogP contribution in [0.2, 0.25) is 0 Å². The number of methoxy groups -OCH3 is 1. The molecule has 2 heteroatoms. The molecule has 0 bridgehead atoms. The van der Waals surface area contributed by atoms with Crippen molar-refractivity contribution in [2.75, 3.05) is 7.11 Å². The van der Waals surface area contributed by atoms with Gasteiger partial charge in [0.2, 0.25) is 0 Å². The summed E-state index contributed by atoms with van der Waals surface area (Å²) >= 11 is 0. The first-order chi connectivity index (χ1) is 6.13. The molecule has 1 atom stereocenters. The lowest BCUT2D eigenvalue weighted by Crippen LogP contribution is -2.17. The maximum atomic E-state index is 5.71. The van der Waals surface area contributed by atoms with Crippen molar-refractivity contribution in [2.45, 2.75) is 26.3 Å². The minimum atomic E-state index is 0.201. The average molecular weight is 179 g/mol. The maximum Gasteiger partial charge on any atom is 0.122 e. The predicted octanol–water partition coefficient (Wildman–Crippen LogP) is 1.89. The Balaban J connectivity index is 2.86. The highest BCUT2D eigenvalue weighted by Crippen LogP contribution is 2.19. The van der Waals surface area contributed by atoms with Gasteiger partial charge >= 0.3 is 0 Å². The van der Waals surface area contributed by atoms with Crippen LogP contribution in [0.5, 0.6) is 5.75 Å². The second-order valence-corrected chi connectivity index (χ2v) is 3.49. The van der Waals surface area contributed by atoms with Crippen LogP contribution in [0.3, 0.4) is 0 Å². The van der Waals surface area contributed by atoms with Crippen LogP contribution in [-0.4, -0.2) is 13.2 Å². The second-order valence-electron chi connectivity index (χ2n) is 3.49. The summed E-state index contributed by atoms with van der Waals surface area (Å²) in [7, 11) is 1.69. The van der Waals surface area contributed by atoms with E-state index in [2.05, 4.69) is 18.2 Å². The molecule has 13 heavy (non-hydrogen) atoms. The van der Waals surface area contributed by atoms with Crippen LogP contribution in [-0.2, 0) is 6.42 Å².